The van der Waals surface area contributed by atoms with Gasteiger partial charge in [-0.25, -0.2) is 0 Å². The fraction of sp³-hybridized carbons (Fsp3) is 0.675. The molecule has 0 saturated carbocycles. The maximum Gasteiger partial charge on any atom is 0.306 e. The third kappa shape index (κ3) is 37.0. The molecule has 0 aromatic heterocycles. The molecule has 0 heterocycles. The highest BCUT2D eigenvalue weighted by molar-refractivity contribution is 7.45. The summed E-state index contributed by atoms with van der Waals surface area (Å²) in [7, 11) is 1.30. The number of phosphoric ester groups is 1. The van der Waals surface area contributed by atoms with E-state index in [1.165, 1.54) is 6.42 Å². The molecule has 2 atom stereocenters. The minimum Gasteiger partial charge on any atom is -0.756 e. The summed E-state index contributed by atoms with van der Waals surface area (Å²) >= 11 is 0. The summed E-state index contributed by atoms with van der Waals surface area (Å²) in [5, 5.41) is 0. The number of allylic oxidation sites excluding steroid dienone is 12. The molecule has 49 heavy (non-hydrogen) atoms. The smallest absolute Gasteiger partial charge is 0.306 e. The van der Waals surface area contributed by atoms with E-state index in [9.17, 15) is 14.3 Å². The Balaban J connectivity index is 4.46. The van der Waals surface area contributed by atoms with Crippen LogP contribution in [0.2, 0.25) is 0 Å². The van der Waals surface area contributed by atoms with Gasteiger partial charge in [0.15, 0.2) is 0 Å². The lowest BCUT2D eigenvalue weighted by Gasteiger charge is -2.28. The van der Waals surface area contributed by atoms with Crippen molar-refractivity contribution in [3.63, 3.8) is 0 Å². The summed E-state index contributed by atoms with van der Waals surface area (Å²) in [6.07, 6.45) is 40.7. The Bertz CT molecular complexity index is 1010. The lowest BCUT2D eigenvalue weighted by molar-refractivity contribution is -0.870. The molecule has 0 amide bonds. The second kappa shape index (κ2) is 33.1. The van der Waals surface area contributed by atoms with Gasteiger partial charge < -0.3 is 27.9 Å². The fourth-order valence-electron chi connectivity index (χ4n) is 4.35. The number of quaternary nitrogens is 1. The zero-order valence-electron chi connectivity index (χ0n) is 31.6. The van der Waals surface area contributed by atoms with E-state index in [0.717, 1.165) is 89.9 Å². The number of rotatable bonds is 33. The molecular formula is C40H70NO7P. The van der Waals surface area contributed by atoms with Crippen LogP contribution in [0.5, 0.6) is 0 Å². The number of carbonyl (C=O) groups excluding carboxylic acids is 1. The van der Waals surface area contributed by atoms with Crippen LogP contribution in [0, 0.1) is 0 Å². The first kappa shape index (κ1) is 46.9. The standard InChI is InChI=1S/C40H70NO7P/c1-6-8-10-12-14-16-18-20-22-24-26-28-30-32-35-45-37-39(38-47-49(43,44)46-36-34-41(3,4)5)48-40(42)33-31-29-27-25-23-21-19-17-15-13-11-9-7-2/h8,10-11,13-14,16-17,19-20,22,26,28,39H,6-7,9,12,15,18,21,23-25,27,29-38H2,1-5H3/b10-8-,13-11-,16-14-,19-17-,22-20-,28-26-. The van der Waals surface area contributed by atoms with E-state index in [2.05, 4.69) is 86.8 Å². The minimum atomic E-state index is -4.54. The number of carbonyl (C=O) groups is 1. The Kier molecular flexibility index (Phi) is 31.7. The van der Waals surface area contributed by atoms with Crippen molar-refractivity contribution in [1.82, 2.24) is 0 Å². The van der Waals surface area contributed by atoms with Crippen molar-refractivity contribution >= 4 is 13.8 Å². The van der Waals surface area contributed by atoms with Crippen molar-refractivity contribution in [2.24, 2.45) is 0 Å². The molecule has 0 radical (unpaired) electrons. The number of hydrogen-bond acceptors (Lipinski definition) is 7. The molecule has 0 aromatic carbocycles. The molecule has 2 unspecified atom stereocenters. The molecule has 0 N–H and O–H groups in total. The van der Waals surface area contributed by atoms with Crippen molar-refractivity contribution < 1.29 is 37.3 Å². The second-order valence-corrected chi connectivity index (χ2v) is 14.6. The third-order valence-corrected chi connectivity index (χ3v) is 8.19. The molecule has 0 aromatic rings. The summed E-state index contributed by atoms with van der Waals surface area (Å²) in [4.78, 5) is 24.9. The lowest BCUT2D eigenvalue weighted by atomic mass is 10.1. The monoisotopic (exact) mass is 707 g/mol. The molecule has 9 heteroatoms. The van der Waals surface area contributed by atoms with E-state index >= 15 is 0 Å². The molecule has 0 aliphatic heterocycles. The van der Waals surface area contributed by atoms with E-state index in [4.69, 9.17) is 18.5 Å². The van der Waals surface area contributed by atoms with Crippen LogP contribution in [0.15, 0.2) is 72.9 Å². The number of ether oxygens (including phenoxy) is 2. The normalized spacial score (nSPS) is 14.8. The topological polar surface area (TPSA) is 94.1 Å². The van der Waals surface area contributed by atoms with Crippen molar-refractivity contribution in [3.05, 3.63) is 72.9 Å². The summed E-state index contributed by atoms with van der Waals surface area (Å²) in [6, 6.07) is 0. The predicted octanol–water partition coefficient (Wildman–Crippen LogP) is 9.74. The number of esters is 1. The zero-order chi connectivity index (χ0) is 36.3. The van der Waals surface area contributed by atoms with Gasteiger partial charge in [0.1, 0.15) is 19.3 Å². The van der Waals surface area contributed by atoms with Gasteiger partial charge in [-0.1, -0.05) is 112 Å². The van der Waals surface area contributed by atoms with Crippen LogP contribution in [0.4, 0.5) is 0 Å². The van der Waals surface area contributed by atoms with Gasteiger partial charge >= 0.3 is 5.97 Å². The van der Waals surface area contributed by atoms with E-state index in [1.54, 1.807) is 0 Å². The summed E-state index contributed by atoms with van der Waals surface area (Å²) in [5.41, 5.74) is 0. The Morgan fingerprint density at radius 1 is 0.653 bits per heavy atom. The number of phosphoric acid groups is 1. The van der Waals surface area contributed by atoms with E-state index in [-0.39, 0.29) is 32.2 Å². The van der Waals surface area contributed by atoms with E-state index in [0.29, 0.717) is 17.6 Å². The molecular weight excluding hydrogens is 637 g/mol. The third-order valence-electron chi connectivity index (χ3n) is 7.22. The molecule has 0 bridgehead atoms. The maximum atomic E-state index is 12.6. The molecule has 0 rings (SSSR count). The van der Waals surface area contributed by atoms with Crippen LogP contribution in [-0.2, 0) is 27.9 Å². The number of unbranched alkanes of at least 4 members (excludes halogenated alkanes) is 7. The first-order valence-electron chi connectivity index (χ1n) is 18.7. The average molecular weight is 708 g/mol. The highest BCUT2D eigenvalue weighted by atomic mass is 31.2. The molecule has 8 nitrogen and oxygen atoms in total. The van der Waals surface area contributed by atoms with E-state index in [1.807, 2.05) is 21.1 Å². The highest BCUT2D eigenvalue weighted by Gasteiger charge is 2.20. The minimum absolute atomic E-state index is 0.00914. The van der Waals surface area contributed by atoms with Crippen molar-refractivity contribution in [1.29, 1.82) is 0 Å². The van der Waals surface area contributed by atoms with Crippen LogP contribution in [0.25, 0.3) is 0 Å². The van der Waals surface area contributed by atoms with Gasteiger partial charge in [0, 0.05) is 13.0 Å². The molecule has 0 aliphatic carbocycles. The van der Waals surface area contributed by atoms with Gasteiger partial charge in [-0.15, -0.1) is 0 Å². The van der Waals surface area contributed by atoms with Gasteiger partial charge in [-0.2, -0.15) is 0 Å². The first-order valence-corrected chi connectivity index (χ1v) is 20.1. The maximum absolute atomic E-state index is 12.6. The number of likely N-dealkylation sites (N-methyl/N-ethyl adjacent to an activating group) is 1. The second-order valence-electron chi connectivity index (χ2n) is 13.2. The van der Waals surface area contributed by atoms with Crippen LogP contribution in [-0.4, -0.2) is 70.7 Å². The van der Waals surface area contributed by atoms with Crippen LogP contribution in [0.1, 0.15) is 117 Å². The average Bonchev–Trinajstić information content (AvgIpc) is 3.04. The Labute approximate surface area is 300 Å². The molecule has 0 saturated heterocycles. The van der Waals surface area contributed by atoms with Gasteiger partial charge in [0.2, 0.25) is 0 Å². The predicted molar refractivity (Wildman–Crippen MR) is 203 cm³/mol. The quantitative estimate of drug-likeness (QED) is 0.0220. The summed E-state index contributed by atoms with van der Waals surface area (Å²) in [6.45, 7) is 5.02. The van der Waals surface area contributed by atoms with Crippen molar-refractivity contribution in [2.45, 2.75) is 123 Å². The van der Waals surface area contributed by atoms with Gasteiger partial charge in [0.05, 0.1) is 34.4 Å². The Hall–Kier alpha value is -2.06. The van der Waals surface area contributed by atoms with Crippen LogP contribution >= 0.6 is 7.82 Å². The van der Waals surface area contributed by atoms with E-state index < -0.39 is 13.9 Å². The van der Waals surface area contributed by atoms with Crippen LogP contribution < -0.4 is 4.89 Å². The lowest BCUT2D eigenvalue weighted by Crippen LogP contribution is -2.37. The highest BCUT2D eigenvalue weighted by Crippen LogP contribution is 2.38. The molecule has 0 aliphatic rings. The molecule has 0 fully saturated rings. The number of nitrogens with zero attached hydrogens (tertiary/aromatic N) is 1. The van der Waals surface area contributed by atoms with Crippen LogP contribution in [0.3, 0.4) is 0 Å². The molecule has 0 spiro atoms. The van der Waals surface area contributed by atoms with Crippen molar-refractivity contribution in [3.8, 4) is 0 Å². The number of hydrogen-bond donors (Lipinski definition) is 0. The first-order chi connectivity index (χ1) is 23.6. The summed E-state index contributed by atoms with van der Waals surface area (Å²) < 4.78 is 34.3. The largest absolute Gasteiger partial charge is 0.756 e. The summed E-state index contributed by atoms with van der Waals surface area (Å²) in [5.74, 6) is -0.372. The Morgan fingerprint density at radius 3 is 1.78 bits per heavy atom. The molecule has 282 valence electrons. The SMILES string of the molecule is CC/C=C\C/C=C\C/C=C\C/C=C\CCCOCC(COP(=O)([O-])OCC[N+](C)(C)C)OC(=O)CCCCCCC/C=C\C/C=C\CCC. The zero-order valence-corrected chi connectivity index (χ0v) is 32.5. The van der Waals surface area contributed by atoms with Gasteiger partial charge in [0.25, 0.3) is 7.82 Å². The Morgan fingerprint density at radius 2 is 1.18 bits per heavy atom. The van der Waals surface area contributed by atoms with Gasteiger partial charge in [-0.05, 0) is 70.6 Å². The van der Waals surface area contributed by atoms with Crippen molar-refractivity contribution in [2.75, 3.05) is 54.1 Å². The van der Waals surface area contributed by atoms with Gasteiger partial charge in [-0.3, -0.25) is 9.36 Å². The fourth-order valence-corrected chi connectivity index (χ4v) is 5.08.